The van der Waals surface area contributed by atoms with Crippen molar-refractivity contribution in [3.05, 3.63) is 52.0 Å². The molecule has 0 fully saturated rings. The van der Waals surface area contributed by atoms with Crippen molar-refractivity contribution in [1.82, 2.24) is 0 Å². The molecule has 0 aliphatic rings. The summed E-state index contributed by atoms with van der Waals surface area (Å²) in [6.45, 7) is 3.80. The fourth-order valence-corrected chi connectivity index (χ4v) is 2.66. The SMILES string of the molecule is CCCC(=O)Nc1ccc(Cl)c(NCC(=O)Nc2cccc(Cl)c2C)c1. The number of anilines is 3. The number of benzene rings is 2. The van der Waals surface area contributed by atoms with Crippen LogP contribution in [0.2, 0.25) is 10.0 Å². The van der Waals surface area contributed by atoms with E-state index in [1.165, 1.54) is 0 Å². The topological polar surface area (TPSA) is 70.2 Å². The molecule has 2 aromatic carbocycles. The van der Waals surface area contributed by atoms with Gasteiger partial charge in [0.1, 0.15) is 0 Å². The van der Waals surface area contributed by atoms with Crippen LogP contribution in [0.15, 0.2) is 36.4 Å². The Morgan fingerprint density at radius 1 is 0.962 bits per heavy atom. The van der Waals surface area contributed by atoms with Crippen molar-refractivity contribution < 1.29 is 9.59 Å². The highest BCUT2D eigenvalue weighted by atomic mass is 35.5. The van der Waals surface area contributed by atoms with E-state index in [1.807, 2.05) is 13.8 Å². The van der Waals surface area contributed by atoms with Gasteiger partial charge in [0.15, 0.2) is 0 Å². The van der Waals surface area contributed by atoms with Gasteiger partial charge in [-0.2, -0.15) is 0 Å². The molecule has 0 saturated carbocycles. The summed E-state index contributed by atoms with van der Waals surface area (Å²) in [5, 5.41) is 9.64. The van der Waals surface area contributed by atoms with Gasteiger partial charge in [0.25, 0.3) is 0 Å². The van der Waals surface area contributed by atoms with E-state index in [1.54, 1.807) is 36.4 Å². The van der Waals surface area contributed by atoms with Gasteiger partial charge < -0.3 is 16.0 Å². The van der Waals surface area contributed by atoms with Gasteiger partial charge in [-0.25, -0.2) is 0 Å². The first kappa shape index (κ1) is 20.1. The minimum absolute atomic E-state index is 0.0258. The summed E-state index contributed by atoms with van der Waals surface area (Å²) in [6.07, 6.45) is 1.22. The second-order valence-electron chi connectivity index (χ2n) is 5.81. The van der Waals surface area contributed by atoms with Gasteiger partial charge in [-0.3, -0.25) is 9.59 Å². The van der Waals surface area contributed by atoms with E-state index < -0.39 is 0 Å². The van der Waals surface area contributed by atoms with Gasteiger partial charge >= 0.3 is 0 Å². The Balaban J connectivity index is 1.98. The van der Waals surface area contributed by atoms with E-state index >= 15 is 0 Å². The molecule has 0 aliphatic heterocycles. The molecule has 0 unspecified atom stereocenters. The third-order valence-electron chi connectivity index (χ3n) is 3.71. The van der Waals surface area contributed by atoms with Crippen LogP contribution in [0.1, 0.15) is 25.3 Å². The lowest BCUT2D eigenvalue weighted by Crippen LogP contribution is -2.22. The van der Waals surface area contributed by atoms with Crippen LogP contribution in [0.4, 0.5) is 17.1 Å². The zero-order valence-electron chi connectivity index (χ0n) is 14.7. The molecule has 0 heterocycles. The molecule has 138 valence electrons. The highest BCUT2D eigenvalue weighted by molar-refractivity contribution is 6.33. The van der Waals surface area contributed by atoms with Crippen molar-refractivity contribution in [3.8, 4) is 0 Å². The highest BCUT2D eigenvalue weighted by Crippen LogP contribution is 2.26. The zero-order chi connectivity index (χ0) is 19.1. The number of amides is 2. The van der Waals surface area contributed by atoms with E-state index in [0.29, 0.717) is 33.5 Å². The van der Waals surface area contributed by atoms with Gasteiger partial charge in [-0.05, 0) is 49.2 Å². The average molecular weight is 394 g/mol. The lowest BCUT2D eigenvalue weighted by atomic mass is 10.2. The molecule has 7 heteroatoms. The van der Waals surface area contributed by atoms with E-state index in [4.69, 9.17) is 23.2 Å². The molecule has 0 spiro atoms. The number of halogens is 2. The van der Waals surface area contributed by atoms with Crippen molar-refractivity contribution >= 4 is 52.1 Å². The third kappa shape index (κ3) is 5.64. The second-order valence-corrected chi connectivity index (χ2v) is 6.62. The van der Waals surface area contributed by atoms with Gasteiger partial charge in [0.2, 0.25) is 11.8 Å². The maximum atomic E-state index is 12.2. The van der Waals surface area contributed by atoms with Crippen molar-refractivity contribution in [3.63, 3.8) is 0 Å². The molecular weight excluding hydrogens is 373 g/mol. The largest absolute Gasteiger partial charge is 0.375 e. The van der Waals surface area contributed by atoms with Crippen LogP contribution in [0.25, 0.3) is 0 Å². The molecular formula is C19H21Cl2N3O2. The van der Waals surface area contributed by atoms with Crippen molar-refractivity contribution in [2.45, 2.75) is 26.7 Å². The molecule has 0 aromatic heterocycles. The normalized spacial score (nSPS) is 10.3. The lowest BCUT2D eigenvalue weighted by Gasteiger charge is -2.13. The Morgan fingerprint density at radius 3 is 2.46 bits per heavy atom. The van der Waals surface area contributed by atoms with Crippen LogP contribution in [0, 0.1) is 6.92 Å². The summed E-state index contributed by atoms with van der Waals surface area (Å²) in [5.74, 6) is -0.290. The van der Waals surface area contributed by atoms with E-state index in [2.05, 4.69) is 16.0 Å². The maximum absolute atomic E-state index is 12.2. The Hall–Kier alpha value is -2.24. The van der Waals surface area contributed by atoms with Gasteiger partial charge in [-0.1, -0.05) is 36.2 Å². The van der Waals surface area contributed by atoms with Crippen molar-refractivity contribution in [2.24, 2.45) is 0 Å². The Bertz CT molecular complexity index is 809. The molecule has 0 radical (unpaired) electrons. The predicted octanol–water partition coefficient (Wildman–Crippen LogP) is 5.09. The molecule has 0 saturated heterocycles. The molecule has 26 heavy (non-hydrogen) atoms. The van der Waals surface area contributed by atoms with E-state index in [0.717, 1.165) is 12.0 Å². The molecule has 0 bridgehead atoms. The van der Waals surface area contributed by atoms with E-state index in [-0.39, 0.29) is 18.4 Å². The smallest absolute Gasteiger partial charge is 0.243 e. The average Bonchev–Trinajstić information content (AvgIpc) is 2.59. The van der Waals surface area contributed by atoms with Crippen LogP contribution >= 0.6 is 23.2 Å². The zero-order valence-corrected chi connectivity index (χ0v) is 16.2. The standard InChI is InChI=1S/C19H21Cl2N3O2/c1-3-5-18(25)23-13-8-9-15(21)17(10-13)22-11-19(26)24-16-7-4-6-14(20)12(16)2/h4,6-10,22H,3,5,11H2,1-2H3,(H,23,25)(H,24,26). The monoisotopic (exact) mass is 393 g/mol. The van der Waals surface area contributed by atoms with Crippen LogP contribution in [-0.2, 0) is 9.59 Å². The van der Waals surface area contributed by atoms with Crippen molar-refractivity contribution in [1.29, 1.82) is 0 Å². The first-order chi connectivity index (χ1) is 12.4. The number of carbonyl (C=O) groups excluding carboxylic acids is 2. The third-order valence-corrected chi connectivity index (χ3v) is 4.45. The predicted molar refractivity (Wildman–Crippen MR) is 108 cm³/mol. The van der Waals surface area contributed by atoms with Crippen LogP contribution in [-0.4, -0.2) is 18.4 Å². The summed E-state index contributed by atoms with van der Waals surface area (Å²) in [7, 11) is 0. The number of hydrogen-bond acceptors (Lipinski definition) is 3. The molecule has 2 rings (SSSR count). The number of carbonyl (C=O) groups is 2. The quantitative estimate of drug-likeness (QED) is 0.613. The van der Waals surface area contributed by atoms with Crippen LogP contribution in [0.5, 0.6) is 0 Å². The number of nitrogens with one attached hydrogen (secondary N) is 3. The fraction of sp³-hybridized carbons (Fsp3) is 0.263. The van der Waals surface area contributed by atoms with Gasteiger partial charge in [0, 0.05) is 22.8 Å². The molecule has 2 amide bonds. The van der Waals surface area contributed by atoms with Crippen molar-refractivity contribution in [2.75, 3.05) is 22.5 Å². The first-order valence-corrected chi connectivity index (χ1v) is 9.04. The maximum Gasteiger partial charge on any atom is 0.243 e. The van der Waals surface area contributed by atoms with Crippen LogP contribution in [0.3, 0.4) is 0 Å². The molecule has 3 N–H and O–H groups in total. The van der Waals surface area contributed by atoms with Gasteiger partial charge in [0.05, 0.1) is 17.3 Å². The Morgan fingerprint density at radius 2 is 1.73 bits per heavy atom. The van der Waals surface area contributed by atoms with Crippen LogP contribution < -0.4 is 16.0 Å². The fourth-order valence-electron chi connectivity index (χ4n) is 2.30. The minimum Gasteiger partial charge on any atom is -0.375 e. The van der Waals surface area contributed by atoms with E-state index in [9.17, 15) is 9.59 Å². The Kier molecular flexibility index (Phi) is 7.30. The number of rotatable bonds is 7. The molecule has 0 aliphatic carbocycles. The molecule has 0 atom stereocenters. The Labute approximate surface area is 163 Å². The lowest BCUT2D eigenvalue weighted by molar-refractivity contribution is -0.116. The summed E-state index contributed by atoms with van der Waals surface area (Å²) >= 11 is 12.2. The first-order valence-electron chi connectivity index (χ1n) is 8.29. The van der Waals surface area contributed by atoms with Gasteiger partial charge in [-0.15, -0.1) is 0 Å². The molecule has 5 nitrogen and oxygen atoms in total. The summed E-state index contributed by atoms with van der Waals surface area (Å²) < 4.78 is 0. The highest BCUT2D eigenvalue weighted by Gasteiger charge is 2.09. The minimum atomic E-state index is -0.230. The summed E-state index contributed by atoms with van der Waals surface area (Å²) in [6, 6.07) is 10.4. The summed E-state index contributed by atoms with van der Waals surface area (Å²) in [4.78, 5) is 23.9. The molecule has 2 aromatic rings. The summed E-state index contributed by atoms with van der Waals surface area (Å²) in [5.41, 5.74) is 2.66. The number of hydrogen-bond donors (Lipinski definition) is 3. The second kappa shape index (κ2) is 9.46.